The highest BCUT2D eigenvalue weighted by Gasteiger charge is 2.40. The van der Waals surface area contributed by atoms with E-state index >= 15 is 0 Å². The Morgan fingerprint density at radius 3 is 2.33 bits per heavy atom. The van der Waals surface area contributed by atoms with E-state index in [1.807, 2.05) is 6.07 Å². The molecule has 0 saturated carbocycles. The summed E-state index contributed by atoms with van der Waals surface area (Å²) in [5, 5.41) is 11.5. The van der Waals surface area contributed by atoms with Gasteiger partial charge in [0.1, 0.15) is 0 Å². The summed E-state index contributed by atoms with van der Waals surface area (Å²) >= 11 is 0. The lowest BCUT2D eigenvalue weighted by molar-refractivity contribution is -0.565. The summed E-state index contributed by atoms with van der Waals surface area (Å²) in [6.07, 6.45) is 1.26. The van der Waals surface area contributed by atoms with E-state index in [9.17, 15) is 19.7 Å². The van der Waals surface area contributed by atoms with Crippen molar-refractivity contribution in [3.8, 4) is 0 Å². The zero-order valence-corrected chi connectivity index (χ0v) is 14.0. The van der Waals surface area contributed by atoms with Crippen molar-refractivity contribution >= 4 is 18.0 Å². The number of nitro groups is 1. The van der Waals surface area contributed by atoms with Crippen molar-refractivity contribution in [3.05, 3.63) is 51.6 Å². The quantitative estimate of drug-likeness (QED) is 0.314. The number of hydrogen-bond donors (Lipinski definition) is 0. The summed E-state index contributed by atoms with van der Waals surface area (Å²) in [6.45, 7) is 1.40. The molecule has 0 aliphatic rings. The summed E-state index contributed by atoms with van der Waals surface area (Å²) < 4.78 is 9.26. The van der Waals surface area contributed by atoms with E-state index in [1.165, 1.54) is 21.1 Å². The van der Waals surface area contributed by atoms with Crippen LogP contribution < -0.4 is 0 Å². The largest absolute Gasteiger partial charge is 0.469 e. The van der Waals surface area contributed by atoms with Gasteiger partial charge in [-0.05, 0) is 11.6 Å². The molecule has 0 fully saturated rings. The van der Waals surface area contributed by atoms with Crippen LogP contribution in [0.15, 0.2) is 35.9 Å². The highest BCUT2D eigenvalue weighted by Crippen LogP contribution is 2.27. The molecular formula is C17H21NO6. The molecule has 0 spiro atoms. The van der Waals surface area contributed by atoms with E-state index in [0.717, 1.165) is 5.56 Å². The zero-order valence-electron chi connectivity index (χ0n) is 14.0. The second-order valence-corrected chi connectivity index (χ2v) is 5.58. The first-order valence-electron chi connectivity index (χ1n) is 7.37. The van der Waals surface area contributed by atoms with Crippen LogP contribution in [0.5, 0.6) is 0 Å². The van der Waals surface area contributed by atoms with E-state index < -0.39 is 22.4 Å². The predicted molar refractivity (Wildman–Crippen MR) is 87.7 cm³/mol. The molecular weight excluding hydrogens is 314 g/mol. The second-order valence-electron chi connectivity index (χ2n) is 5.58. The molecule has 7 nitrogen and oxygen atoms in total. The van der Waals surface area contributed by atoms with Gasteiger partial charge in [-0.1, -0.05) is 30.3 Å². The molecule has 0 bridgehead atoms. The Bertz CT molecular complexity index is 625. The van der Waals surface area contributed by atoms with Gasteiger partial charge in [0, 0.05) is 30.3 Å². The smallest absolute Gasteiger partial charge is 0.334 e. The van der Waals surface area contributed by atoms with E-state index in [2.05, 4.69) is 4.74 Å². The average Bonchev–Trinajstić information content (AvgIpc) is 2.59. The van der Waals surface area contributed by atoms with E-state index in [4.69, 9.17) is 4.74 Å². The number of benzene rings is 1. The van der Waals surface area contributed by atoms with Crippen LogP contribution >= 0.6 is 0 Å². The number of rotatable bonds is 8. The van der Waals surface area contributed by atoms with Gasteiger partial charge in [-0.2, -0.15) is 0 Å². The Labute approximate surface area is 140 Å². The van der Waals surface area contributed by atoms with E-state index in [-0.39, 0.29) is 24.8 Å². The summed E-state index contributed by atoms with van der Waals surface area (Å²) in [4.78, 5) is 34.3. The molecule has 0 aromatic heterocycles. The molecule has 0 heterocycles. The van der Waals surface area contributed by atoms with Gasteiger partial charge >= 0.3 is 11.9 Å². The van der Waals surface area contributed by atoms with Crippen molar-refractivity contribution in [1.82, 2.24) is 0 Å². The molecule has 0 aliphatic carbocycles. The van der Waals surface area contributed by atoms with E-state index in [0.29, 0.717) is 0 Å². The first-order valence-corrected chi connectivity index (χ1v) is 7.37. The molecule has 0 amide bonds. The molecule has 1 aromatic rings. The third kappa shape index (κ3) is 5.49. The highest BCUT2D eigenvalue weighted by atomic mass is 16.6. The molecule has 0 radical (unpaired) electrons. The second kappa shape index (κ2) is 8.81. The third-order valence-electron chi connectivity index (χ3n) is 3.70. The van der Waals surface area contributed by atoms with Gasteiger partial charge in [-0.15, -0.1) is 0 Å². The SMILES string of the molecule is COC(=O)CCC(C)(C/C(=C\c1ccccc1)C(=O)OC)[N+](=O)[O-]. The number of carbonyl (C=O) groups is 2. The van der Waals surface area contributed by atoms with Crippen molar-refractivity contribution in [2.24, 2.45) is 0 Å². The van der Waals surface area contributed by atoms with Crippen LogP contribution in [-0.2, 0) is 19.1 Å². The Kier molecular flexibility index (Phi) is 7.10. The van der Waals surface area contributed by atoms with Gasteiger partial charge in [0.25, 0.3) is 0 Å². The fraction of sp³-hybridized carbons (Fsp3) is 0.412. The van der Waals surface area contributed by atoms with Gasteiger partial charge < -0.3 is 9.47 Å². The normalized spacial score (nSPS) is 13.7. The first kappa shape index (κ1) is 19.3. The summed E-state index contributed by atoms with van der Waals surface area (Å²) in [5.41, 5.74) is -0.576. The number of esters is 2. The minimum absolute atomic E-state index is 0.0458. The molecule has 1 rings (SSSR count). The number of carbonyl (C=O) groups excluding carboxylic acids is 2. The van der Waals surface area contributed by atoms with Crippen LogP contribution in [0, 0.1) is 10.1 Å². The standard InChI is InChI=1S/C17H21NO6/c1-17(18(21)22,10-9-15(19)23-2)12-14(16(20)24-3)11-13-7-5-4-6-8-13/h4-8,11H,9-10,12H2,1-3H3/b14-11+. The molecule has 1 unspecified atom stereocenters. The minimum atomic E-state index is -1.48. The fourth-order valence-electron chi connectivity index (χ4n) is 2.19. The topological polar surface area (TPSA) is 95.7 Å². The van der Waals surface area contributed by atoms with Gasteiger partial charge in [-0.25, -0.2) is 4.79 Å². The maximum absolute atomic E-state index is 12.0. The van der Waals surface area contributed by atoms with Crippen LogP contribution in [0.4, 0.5) is 0 Å². The molecule has 1 atom stereocenters. The first-order chi connectivity index (χ1) is 11.3. The Morgan fingerprint density at radius 1 is 1.21 bits per heavy atom. The molecule has 7 heteroatoms. The Hall–Kier alpha value is -2.70. The van der Waals surface area contributed by atoms with Gasteiger partial charge in [0.15, 0.2) is 0 Å². The van der Waals surface area contributed by atoms with Crippen molar-refractivity contribution in [1.29, 1.82) is 0 Å². The lowest BCUT2D eigenvalue weighted by atomic mass is 9.88. The van der Waals surface area contributed by atoms with Crippen LogP contribution in [0.25, 0.3) is 6.08 Å². The molecule has 24 heavy (non-hydrogen) atoms. The summed E-state index contributed by atoms with van der Waals surface area (Å²) in [5.74, 6) is -1.17. The Balaban J connectivity index is 3.08. The average molecular weight is 335 g/mol. The van der Waals surface area contributed by atoms with Crippen molar-refractivity contribution in [3.63, 3.8) is 0 Å². The minimum Gasteiger partial charge on any atom is -0.469 e. The number of nitrogens with zero attached hydrogens (tertiary/aromatic N) is 1. The lowest BCUT2D eigenvalue weighted by Gasteiger charge is -2.21. The van der Waals surface area contributed by atoms with Crippen molar-refractivity contribution < 1.29 is 24.0 Å². The lowest BCUT2D eigenvalue weighted by Crippen LogP contribution is -2.37. The summed E-state index contributed by atoms with van der Waals surface area (Å²) in [7, 11) is 2.44. The molecule has 0 saturated heterocycles. The Morgan fingerprint density at radius 2 is 1.83 bits per heavy atom. The van der Waals surface area contributed by atoms with Crippen molar-refractivity contribution in [2.45, 2.75) is 31.7 Å². The van der Waals surface area contributed by atoms with Gasteiger partial charge in [-0.3, -0.25) is 14.9 Å². The van der Waals surface area contributed by atoms with Crippen LogP contribution in [0.3, 0.4) is 0 Å². The maximum atomic E-state index is 12.0. The summed E-state index contributed by atoms with van der Waals surface area (Å²) in [6, 6.07) is 8.98. The molecule has 130 valence electrons. The van der Waals surface area contributed by atoms with E-state index in [1.54, 1.807) is 30.3 Å². The van der Waals surface area contributed by atoms with Gasteiger partial charge in [0.05, 0.1) is 20.6 Å². The third-order valence-corrected chi connectivity index (χ3v) is 3.70. The van der Waals surface area contributed by atoms with Gasteiger partial charge in [0.2, 0.25) is 5.54 Å². The number of hydrogen-bond acceptors (Lipinski definition) is 6. The van der Waals surface area contributed by atoms with Crippen LogP contribution in [0.2, 0.25) is 0 Å². The predicted octanol–water partition coefficient (Wildman–Crippen LogP) is 2.62. The monoisotopic (exact) mass is 335 g/mol. The van der Waals surface area contributed by atoms with Crippen molar-refractivity contribution in [2.75, 3.05) is 14.2 Å². The molecule has 0 aliphatic heterocycles. The zero-order chi connectivity index (χ0) is 18.2. The fourth-order valence-corrected chi connectivity index (χ4v) is 2.19. The van der Waals surface area contributed by atoms with Crippen LogP contribution in [0.1, 0.15) is 31.7 Å². The highest BCUT2D eigenvalue weighted by molar-refractivity contribution is 5.93. The number of methoxy groups -OCH3 is 2. The number of ether oxygens (including phenoxy) is 2. The maximum Gasteiger partial charge on any atom is 0.334 e. The van der Waals surface area contributed by atoms with Crippen LogP contribution in [-0.4, -0.2) is 36.6 Å². The molecule has 0 N–H and O–H groups in total. The molecule has 1 aromatic carbocycles.